The second-order valence-electron chi connectivity index (χ2n) is 16.3. The standard InChI is InChI=1S/C44H45N5O8S/c1-7-12-48-28-15-24-14-21(3)37(53-6)36(51)31(24)34(48)35-41-33-32(40-39(55-19-56-40)22(4)38(33)57-23(5)50)30(49(35)29(28)16-45)17-54-43(52)44(18-58-41)42-25(10-11-46-44)26-13-20(2)8-9-27(26)47-42/h7-9,13-14,28-30,34-35,41,46-47,51H,1,10-12,15,17-19H2,2-6H3/t28-,29-,30-,34-,35?,41+,44+/m0/s1. The SMILES string of the molecule is C=CCN1[C@H]2c3c(cc(C)c(OC)c3O)C[C@H]1[C@H](C#N)N1C2[C@@H]2SC[C@]3(NCCc4c3[nH]c3ccc(C)cc43)C(=O)OC[C@H]1c1c3c(c(C)c(OC(C)=O)c12)OCO3. The molecular weight excluding hydrogens is 759 g/mol. The molecular formula is C44H45N5O8S. The number of H-pyrrole nitrogens is 1. The number of benzene rings is 3. The number of aromatic nitrogens is 1. The van der Waals surface area contributed by atoms with Crippen LogP contribution in [0.1, 0.15) is 74.5 Å². The van der Waals surface area contributed by atoms with Crippen molar-refractivity contribution in [2.24, 2.45) is 0 Å². The molecule has 2 saturated heterocycles. The Balaban J connectivity index is 1.26. The van der Waals surface area contributed by atoms with Gasteiger partial charge in [0.15, 0.2) is 28.5 Å². The molecule has 1 spiro atoms. The fourth-order valence-corrected chi connectivity index (χ4v) is 12.7. The van der Waals surface area contributed by atoms with Crippen LogP contribution in [0, 0.1) is 32.1 Å². The van der Waals surface area contributed by atoms with E-state index >= 15 is 0 Å². The topological polar surface area (TPSA) is 159 Å². The van der Waals surface area contributed by atoms with E-state index in [1.54, 1.807) is 18.9 Å². The van der Waals surface area contributed by atoms with E-state index in [4.69, 9.17) is 23.7 Å². The summed E-state index contributed by atoms with van der Waals surface area (Å²) < 4.78 is 31.0. The van der Waals surface area contributed by atoms with Crippen LogP contribution in [-0.4, -0.2) is 89.3 Å². The van der Waals surface area contributed by atoms with Crippen LogP contribution in [-0.2, 0) is 32.7 Å². The third-order valence-corrected chi connectivity index (χ3v) is 14.7. The molecule has 11 rings (SSSR count). The van der Waals surface area contributed by atoms with Crippen molar-refractivity contribution in [1.82, 2.24) is 20.1 Å². The van der Waals surface area contributed by atoms with E-state index in [2.05, 4.69) is 63.9 Å². The van der Waals surface area contributed by atoms with Gasteiger partial charge in [0, 0.05) is 71.0 Å². The Morgan fingerprint density at radius 2 is 1.97 bits per heavy atom. The van der Waals surface area contributed by atoms with Crippen LogP contribution < -0.4 is 24.3 Å². The normalized spacial score (nSPS) is 28.2. The number of phenolic OH excluding ortho intramolecular Hbond substituents is 1. The molecule has 7 atom stereocenters. The Morgan fingerprint density at radius 1 is 1.16 bits per heavy atom. The molecule has 13 nitrogen and oxygen atoms in total. The first kappa shape index (κ1) is 37.1. The summed E-state index contributed by atoms with van der Waals surface area (Å²) in [5.41, 5.74) is 7.14. The van der Waals surface area contributed by atoms with E-state index < -0.39 is 46.9 Å². The van der Waals surface area contributed by atoms with Crippen LogP contribution in [0.4, 0.5) is 0 Å². The van der Waals surface area contributed by atoms with Crippen LogP contribution in [0.3, 0.4) is 0 Å². The number of aryl methyl sites for hydroxylation is 2. The van der Waals surface area contributed by atoms with Gasteiger partial charge in [-0.25, -0.2) is 4.79 Å². The van der Waals surface area contributed by atoms with Crippen LogP contribution in [0.15, 0.2) is 36.9 Å². The smallest absolute Gasteiger partial charge is 0.333 e. The second-order valence-corrected chi connectivity index (χ2v) is 17.4. The highest BCUT2D eigenvalue weighted by Gasteiger charge is 2.62. The van der Waals surface area contributed by atoms with Gasteiger partial charge < -0.3 is 33.8 Å². The predicted octanol–water partition coefficient (Wildman–Crippen LogP) is 5.62. The number of nitriles is 1. The van der Waals surface area contributed by atoms with Crippen molar-refractivity contribution < 1.29 is 38.4 Å². The summed E-state index contributed by atoms with van der Waals surface area (Å²) in [5, 5.41) is 27.7. The van der Waals surface area contributed by atoms with Gasteiger partial charge in [-0.05, 0) is 62.4 Å². The second kappa shape index (κ2) is 13.4. The lowest BCUT2D eigenvalue weighted by atomic mass is 9.71. The first-order valence-corrected chi connectivity index (χ1v) is 20.8. The summed E-state index contributed by atoms with van der Waals surface area (Å²) in [7, 11) is 1.55. The highest BCUT2D eigenvalue weighted by Crippen LogP contribution is 2.65. The first-order chi connectivity index (χ1) is 28.0. The lowest BCUT2D eigenvalue weighted by Gasteiger charge is -2.62. The highest BCUT2D eigenvalue weighted by molar-refractivity contribution is 7.99. The molecule has 7 aliphatic heterocycles. The molecule has 3 aromatic carbocycles. The van der Waals surface area contributed by atoms with Gasteiger partial charge in [0.05, 0.1) is 36.2 Å². The van der Waals surface area contributed by atoms with Crippen LogP contribution in [0.2, 0.25) is 0 Å². The Labute approximate surface area is 340 Å². The molecule has 300 valence electrons. The van der Waals surface area contributed by atoms with Crippen molar-refractivity contribution in [1.29, 1.82) is 5.26 Å². The summed E-state index contributed by atoms with van der Waals surface area (Å²) in [5.74, 6) is 1.06. The van der Waals surface area contributed by atoms with E-state index in [1.165, 1.54) is 6.92 Å². The average molecular weight is 804 g/mol. The zero-order valence-corrected chi connectivity index (χ0v) is 33.9. The zero-order valence-electron chi connectivity index (χ0n) is 33.1. The number of carbonyl (C=O) groups is 2. The molecule has 58 heavy (non-hydrogen) atoms. The Hall–Kier alpha value is -5.20. The number of rotatable bonds is 4. The molecule has 0 amide bonds. The molecule has 4 aromatic rings. The largest absolute Gasteiger partial charge is 0.504 e. The van der Waals surface area contributed by atoms with Gasteiger partial charge in [-0.2, -0.15) is 5.26 Å². The van der Waals surface area contributed by atoms with Gasteiger partial charge in [0.1, 0.15) is 18.4 Å². The van der Waals surface area contributed by atoms with E-state index in [9.17, 15) is 20.0 Å². The van der Waals surface area contributed by atoms with Gasteiger partial charge in [-0.3, -0.25) is 19.9 Å². The summed E-state index contributed by atoms with van der Waals surface area (Å²) >= 11 is 1.55. The van der Waals surface area contributed by atoms with Gasteiger partial charge in [0.25, 0.3) is 0 Å². The fourth-order valence-electron chi connectivity index (χ4n) is 11.0. The number of aromatic amines is 1. The number of hydrogen-bond donors (Lipinski definition) is 3. The van der Waals surface area contributed by atoms with Crippen LogP contribution in [0.5, 0.6) is 28.7 Å². The number of ether oxygens (including phenoxy) is 5. The number of thioether (sulfide) groups is 1. The number of nitrogens with one attached hydrogen (secondary N) is 2. The van der Waals surface area contributed by atoms with Gasteiger partial charge in [0.2, 0.25) is 6.79 Å². The van der Waals surface area contributed by atoms with Crippen LogP contribution in [0.25, 0.3) is 10.9 Å². The van der Waals surface area contributed by atoms with E-state index in [0.29, 0.717) is 53.6 Å². The Morgan fingerprint density at radius 3 is 2.72 bits per heavy atom. The molecule has 2 fully saturated rings. The van der Waals surface area contributed by atoms with Crippen LogP contribution >= 0.6 is 11.8 Å². The lowest BCUT2D eigenvalue weighted by molar-refractivity contribution is -0.157. The molecule has 1 unspecified atom stereocenters. The molecule has 4 bridgehead atoms. The molecule has 0 radical (unpaired) electrons. The quantitative estimate of drug-likeness (QED) is 0.133. The number of methoxy groups -OCH3 is 1. The Bertz CT molecular complexity index is 2510. The summed E-state index contributed by atoms with van der Waals surface area (Å²) in [6.45, 7) is 12.2. The van der Waals surface area contributed by atoms with Crippen molar-refractivity contribution in [2.75, 3.05) is 39.4 Å². The third-order valence-electron chi connectivity index (χ3n) is 13.2. The minimum atomic E-state index is -1.26. The third kappa shape index (κ3) is 5.00. The molecule has 7 aliphatic rings. The maximum atomic E-state index is 15.0. The van der Waals surface area contributed by atoms with E-state index in [0.717, 1.165) is 56.4 Å². The number of esters is 2. The van der Waals surface area contributed by atoms with E-state index in [1.807, 2.05) is 19.9 Å². The van der Waals surface area contributed by atoms with E-state index in [-0.39, 0.29) is 30.9 Å². The summed E-state index contributed by atoms with van der Waals surface area (Å²) in [6.07, 6.45) is 3.05. The number of piperazine rings is 1. The summed E-state index contributed by atoms with van der Waals surface area (Å²) in [4.78, 5) is 36.1. The summed E-state index contributed by atoms with van der Waals surface area (Å²) in [6, 6.07) is 8.27. The number of carbonyl (C=O) groups excluding carboxylic acids is 2. The minimum absolute atomic E-state index is 0.0457. The number of aromatic hydroxyl groups is 1. The predicted molar refractivity (Wildman–Crippen MR) is 215 cm³/mol. The van der Waals surface area contributed by atoms with Crippen molar-refractivity contribution in [2.45, 2.75) is 81.5 Å². The molecule has 3 N–H and O–H groups in total. The average Bonchev–Trinajstić information content (AvgIpc) is 3.84. The van der Waals surface area contributed by atoms with Gasteiger partial charge >= 0.3 is 11.9 Å². The lowest BCUT2D eigenvalue weighted by Crippen LogP contribution is -2.70. The number of fused-ring (bicyclic) bond motifs is 11. The molecule has 0 saturated carbocycles. The molecule has 14 heteroatoms. The number of hydrogen-bond acceptors (Lipinski definition) is 13. The maximum absolute atomic E-state index is 15.0. The van der Waals surface area contributed by atoms with Gasteiger partial charge in [-0.15, -0.1) is 18.3 Å². The molecule has 8 heterocycles. The van der Waals surface area contributed by atoms with Crippen molar-refractivity contribution in [3.8, 4) is 34.8 Å². The van der Waals surface area contributed by atoms with Crippen molar-refractivity contribution in [3.05, 3.63) is 87.1 Å². The number of nitrogens with zero attached hydrogens (tertiary/aromatic N) is 3. The monoisotopic (exact) mass is 803 g/mol. The first-order valence-electron chi connectivity index (χ1n) is 19.8. The minimum Gasteiger partial charge on any atom is -0.504 e. The Kier molecular flexibility index (Phi) is 8.58. The maximum Gasteiger partial charge on any atom is 0.333 e. The molecule has 0 aliphatic carbocycles. The fraction of sp³-hybridized carbons (Fsp3) is 0.432. The number of phenols is 1. The highest BCUT2D eigenvalue weighted by atomic mass is 32.2. The zero-order chi connectivity index (χ0) is 40.4. The van der Waals surface area contributed by atoms with Gasteiger partial charge in [-0.1, -0.05) is 23.8 Å². The van der Waals surface area contributed by atoms with Crippen molar-refractivity contribution in [3.63, 3.8) is 0 Å². The molecule has 1 aromatic heterocycles. The van der Waals surface area contributed by atoms with Crippen molar-refractivity contribution >= 4 is 34.6 Å².